The summed E-state index contributed by atoms with van der Waals surface area (Å²) in [7, 11) is 0. The van der Waals surface area contributed by atoms with E-state index in [1.165, 1.54) is 6.07 Å². The van der Waals surface area contributed by atoms with Crippen LogP contribution in [0.25, 0.3) is 0 Å². The first-order chi connectivity index (χ1) is 9.61. The molecule has 1 unspecified atom stereocenters. The topological polar surface area (TPSA) is 25.2 Å². The minimum Gasteiger partial charge on any atom is -0.469 e. The molecular formula is C17H22FNO. The van der Waals surface area contributed by atoms with E-state index < -0.39 is 0 Å². The molecule has 2 rings (SSSR count). The van der Waals surface area contributed by atoms with E-state index in [0.29, 0.717) is 0 Å². The van der Waals surface area contributed by atoms with Crippen LogP contribution in [-0.4, -0.2) is 6.54 Å². The first-order valence-corrected chi connectivity index (χ1v) is 7.14. The molecule has 0 fully saturated rings. The molecule has 0 radical (unpaired) electrons. The molecule has 1 aromatic heterocycles. The third-order valence-corrected chi connectivity index (χ3v) is 3.65. The van der Waals surface area contributed by atoms with Gasteiger partial charge in [0.15, 0.2) is 0 Å². The van der Waals surface area contributed by atoms with Crippen molar-refractivity contribution in [3.05, 3.63) is 58.8 Å². The molecule has 1 atom stereocenters. The normalized spacial score (nSPS) is 12.6. The summed E-state index contributed by atoms with van der Waals surface area (Å²) in [4.78, 5) is 0. The lowest BCUT2D eigenvalue weighted by Gasteiger charge is -2.19. The van der Waals surface area contributed by atoms with Crippen LogP contribution in [0.1, 0.15) is 41.8 Å². The number of rotatable bonds is 6. The van der Waals surface area contributed by atoms with Gasteiger partial charge in [0.1, 0.15) is 11.6 Å². The number of hydrogen-bond acceptors (Lipinski definition) is 2. The van der Waals surface area contributed by atoms with Gasteiger partial charge in [-0.2, -0.15) is 0 Å². The van der Waals surface area contributed by atoms with E-state index >= 15 is 0 Å². The van der Waals surface area contributed by atoms with Crippen LogP contribution in [0.4, 0.5) is 4.39 Å². The van der Waals surface area contributed by atoms with Crippen LogP contribution in [0.2, 0.25) is 0 Å². The first-order valence-electron chi connectivity index (χ1n) is 7.14. The molecule has 0 bridgehead atoms. The maximum atomic E-state index is 13.4. The van der Waals surface area contributed by atoms with Crippen molar-refractivity contribution >= 4 is 0 Å². The summed E-state index contributed by atoms with van der Waals surface area (Å²) >= 11 is 0. The summed E-state index contributed by atoms with van der Waals surface area (Å²) in [5.74, 6) is 0.747. The molecule has 2 nitrogen and oxygen atoms in total. The summed E-state index contributed by atoms with van der Waals surface area (Å²) in [5, 5.41) is 3.53. The van der Waals surface area contributed by atoms with Gasteiger partial charge in [0, 0.05) is 11.6 Å². The van der Waals surface area contributed by atoms with Gasteiger partial charge >= 0.3 is 0 Å². The highest BCUT2D eigenvalue weighted by molar-refractivity contribution is 5.30. The zero-order chi connectivity index (χ0) is 14.5. The third kappa shape index (κ3) is 3.48. The van der Waals surface area contributed by atoms with E-state index in [2.05, 4.69) is 12.2 Å². The number of hydrogen-bond donors (Lipinski definition) is 1. The van der Waals surface area contributed by atoms with Gasteiger partial charge in [-0.15, -0.1) is 0 Å². The molecule has 2 aromatic rings. The Bertz CT molecular complexity index is 562. The molecule has 3 heteroatoms. The Morgan fingerprint density at radius 2 is 2.05 bits per heavy atom. The van der Waals surface area contributed by atoms with Gasteiger partial charge in [-0.3, -0.25) is 0 Å². The van der Waals surface area contributed by atoms with Gasteiger partial charge in [-0.1, -0.05) is 13.0 Å². The van der Waals surface area contributed by atoms with Gasteiger partial charge in [0.05, 0.1) is 6.26 Å². The average Bonchev–Trinajstić information content (AvgIpc) is 2.84. The van der Waals surface area contributed by atoms with E-state index in [4.69, 9.17) is 4.42 Å². The first kappa shape index (κ1) is 14.8. The Kier molecular flexibility index (Phi) is 4.96. The SMILES string of the molecule is CCCNC(Cc1cc(F)ccc1C)c1ccoc1C. The minimum atomic E-state index is -0.177. The summed E-state index contributed by atoms with van der Waals surface area (Å²) in [6.07, 6.45) is 3.54. The molecule has 0 saturated heterocycles. The van der Waals surface area contributed by atoms with Crippen molar-refractivity contribution in [1.82, 2.24) is 5.32 Å². The summed E-state index contributed by atoms with van der Waals surface area (Å²) in [5.41, 5.74) is 3.32. The highest BCUT2D eigenvalue weighted by Gasteiger charge is 2.17. The van der Waals surface area contributed by atoms with Crippen LogP contribution < -0.4 is 5.32 Å². The smallest absolute Gasteiger partial charge is 0.123 e. The molecule has 0 aliphatic heterocycles. The quantitative estimate of drug-likeness (QED) is 0.849. The highest BCUT2D eigenvalue weighted by atomic mass is 19.1. The van der Waals surface area contributed by atoms with Crippen LogP contribution in [-0.2, 0) is 6.42 Å². The number of furan rings is 1. The zero-order valence-corrected chi connectivity index (χ0v) is 12.4. The van der Waals surface area contributed by atoms with E-state index in [-0.39, 0.29) is 11.9 Å². The van der Waals surface area contributed by atoms with Crippen molar-refractivity contribution in [1.29, 1.82) is 0 Å². The van der Waals surface area contributed by atoms with Crippen LogP contribution in [0, 0.1) is 19.7 Å². The highest BCUT2D eigenvalue weighted by Crippen LogP contribution is 2.24. The molecule has 0 spiro atoms. The fourth-order valence-corrected chi connectivity index (χ4v) is 2.45. The van der Waals surface area contributed by atoms with Crippen LogP contribution in [0.15, 0.2) is 34.9 Å². The Hall–Kier alpha value is -1.61. The Morgan fingerprint density at radius 1 is 1.25 bits per heavy atom. The number of aryl methyl sites for hydroxylation is 2. The summed E-state index contributed by atoms with van der Waals surface area (Å²) in [6, 6.07) is 7.14. The third-order valence-electron chi connectivity index (χ3n) is 3.65. The molecule has 0 aliphatic carbocycles. The van der Waals surface area contributed by atoms with E-state index in [0.717, 1.165) is 41.8 Å². The number of nitrogens with one attached hydrogen (secondary N) is 1. The van der Waals surface area contributed by atoms with Crippen molar-refractivity contribution < 1.29 is 8.81 Å². The molecule has 108 valence electrons. The van der Waals surface area contributed by atoms with E-state index in [1.807, 2.05) is 26.0 Å². The Labute approximate surface area is 120 Å². The number of halogens is 1. The molecule has 0 aliphatic rings. The lowest BCUT2D eigenvalue weighted by atomic mass is 9.96. The molecule has 1 heterocycles. The van der Waals surface area contributed by atoms with Gasteiger partial charge in [0.25, 0.3) is 0 Å². The largest absolute Gasteiger partial charge is 0.469 e. The lowest BCUT2D eigenvalue weighted by molar-refractivity contribution is 0.493. The second kappa shape index (κ2) is 6.71. The van der Waals surface area contributed by atoms with Gasteiger partial charge < -0.3 is 9.73 Å². The van der Waals surface area contributed by atoms with Crippen LogP contribution in [0.5, 0.6) is 0 Å². The van der Waals surface area contributed by atoms with Crippen molar-refractivity contribution in [2.24, 2.45) is 0 Å². The Balaban J connectivity index is 2.23. The number of benzene rings is 1. The van der Waals surface area contributed by atoms with Gasteiger partial charge in [-0.05, 0) is 62.6 Å². The minimum absolute atomic E-state index is 0.161. The molecule has 1 N–H and O–H groups in total. The van der Waals surface area contributed by atoms with Crippen molar-refractivity contribution in [3.63, 3.8) is 0 Å². The second-order valence-corrected chi connectivity index (χ2v) is 5.21. The summed E-state index contributed by atoms with van der Waals surface area (Å²) < 4.78 is 18.8. The van der Waals surface area contributed by atoms with E-state index in [9.17, 15) is 4.39 Å². The second-order valence-electron chi connectivity index (χ2n) is 5.21. The standard InChI is InChI=1S/C17H22FNO/c1-4-8-19-17(16-7-9-20-13(16)3)11-14-10-15(18)6-5-12(14)2/h5-7,9-10,17,19H,4,8,11H2,1-3H3. The molecule has 20 heavy (non-hydrogen) atoms. The van der Waals surface area contributed by atoms with Crippen molar-refractivity contribution in [3.8, 4) is 0 Å². The van der Waals surface area contributed by atoms with Crippen molar-refractivity contribution in [2.75, 3.05) is 6.54 Å². The predicted molar refractivity (Wildman–Crippen MR) is 79.3 cm³/mol. The maximum absolute atomic E-state index is 13.4. The lowest BCUT2D eigenvalue weighted by Crippen LogP contribution is -2.24. The zero-order valence-electron chi connectivity index (χ0n) is 12.4. The molecule has 0 amide bonds. The molecule has 1 aromatic carbocycles. The van der Waals surface area contributed by atoms with Crippen LogP contribution in [0.3, 0.4) is 0 Å². The monoisotopic (exact) mass is 275 g/mol. The van der Waals surface area contributed by atoms with Gasteiger partial charge in [0.2, 0.25) is 0 Å². The molecule has 0 saturated carbocycles. The summed E-state index contributed by atoms with van der Waals surface area (Å²) in [6.45, 7) is 7.06. The maximum Gasteiger partial charge on any atom is 0.123 e. The predicted octanol–water partition coefficient (Wildman–Crippen LogP) is 4.32. The van der Waals surface area contributed by atoms with Crippen LogP contribution >= 0.6 is 0 Å². The fraction of sp³-hybridized carbons (Fsp3) is 0.412. The van der Waals surface area contributed by atoms with Crippen molar-refractivity contribution in [2.45, 2.75) is 39.7 Å². The fourth-order valence-electron chi connectivity index (χ4n) is 2.45. The van der Waals surface area contributed by atoms with Gasteiger partial charge in [-0.25, -0.2) is 4.39 Å². The van der Waals surface area contributed by atoms with E-state index in [1.54, 1.807) is 12.3 Å². The molecular weight excluding hydrogens is 253 g/mol. The Morgan fingerprint density at radius 3 is 2.70 bits per heavy atom. The average molecular weight is 275 g/mol.